The SMILES string of the molecule is C.COc1ccc(CN)cc1. The van der Waals surface area contributed by atoms with Crippen LogP contribution in [0.1, 0.15) is 13.0 Å². The minimum absolute atomic E-state index is 0. The van der Waals surface area contributed by atoms with E-state index in [1.54, 1.807) is 7.11 Å². The molecule has 1 rings (SSSR count). The summed E-state index contributed by atoms with van der Waals surface area (Å²) in [6.45, 7) is 0.587. The molecule has 0 heterocycles. The molecule has 0 amide bonds. The van der Waals surface area contributed by atoms with Gasteiger partial charge < -0.3 is 10.5 Å². The van der Waals surface area contributed by atoms with E-state index in [9.17, 15) is 0 Å². The van der Waals surface area contributed by atoms with Crippen LogP contribution in [-0.4, -0.2) is 7.11 Å². The Balaban J connectivity index is 0.000001000. The monoisotopic (exact) mass is 153 g/mol. The number of ether oxygens (including phenoxy) is 1. The quantitative estimate of drug-likeness (QED) is 0.703. The number of hydrogen-bond donors (Lipinski definition) is 1. The molecule has 0 fully saturated rings. The number of benzene rings is 1. The first-order chi connectivity index (χ1) is 4.86. The van der Waals surface area contributed by atoms with E-state index in [2.05, 4.69) is 0 Å². The third kappa shape index (κ3) is 2.60. The molecule has 0 aliphatic rings. The van der Waals surface area contributed by atoms with Crippen molar-refractivity contribution in [3.63, 3.8) is 0 Å². The lowest BCUT2D eigenvalue weighted by atomic mass is 10.2. The van der Waals surface area contributed by atoms with E-state index in [1.807, 2.05) is 24.3 Å². The lowest BCUT2D eigenvalue weighted by Gasteiger charge is -1.99. The summed E-state index contributed by atoms with van der Waals surface area (Å²) in [5, 5.41) is 0. The van der Waals surface area contributed by atoms with Gasteiger partial charge in [-0.2, -0.15) is 0 Å². The first kappa shape index (κ1) is 9.98. The van der Waals surface area contributed by atoms with Gasteiger partial charge in [0.2, 0.25) is 0 Å². The smallest absolute Gasteiger partial charge is 0.118 e. The maximum absolute atomic E-state index is 5.40. The van der Waals surface area contributed by atoms with Gasteiger partial charge in [0, 0.05) is 6.54 Å². The molecule has 0 atom stereocenters. The van der Waals surface area contributed by atoms with Gasteiger partial charge in [-0.3, -0.25) is 0 Å². The molecule has 0 aliphatic heterocycles. The Labute approximate surface area is 68.0 Å². The van der Waals surface area contributed by atoms with Crippen LogP contribution in [-0.2, 0) is 6.54 Å². The van der Waals surface area contributed by atoms with Crippen molar-refractivity contribution in [3.8, 4) is 5.75 Å². The number of methoxy groups -OCH3 is 1. The Bertz CT molecular complexity index is 170. The van der Waals surface area contributed by atoms with Crippen LogP contribution in [0.5, 0.6) is 5.75 Å². The fourth-order valence-electron chi connectivity index (χ4n) is 0.762. The number of hydrogen-bond acceptors (Lipinski definition) is 2. The normalized spacial score (nSPS) is 8.55. The second-order valence-corrected chi connectivity index (χ2v) is 2.05. The van der Waals surface area contributed by atoms with E-state index >= 15 is 0 Å². The molecule has 62 valence electrons. The highest BCUT2D eigenvalue weighted by Gasteiger charge is 1.89. The molecule has 11 heavy (non-hydrogen) atoms. The number of rotatable bonds is 2. The Morgan fingerprint density at radius 3 is 2.18 bits per heavy atom. The number of nitrogens with two attached hydrogens (primary N) is 1. The highest BCUT2D eigenvalue weighted by atomic mass is 16.5. The van der Waals surface area contributed by atoms with Gasteiger partial charge >= 0.3 is 0 Å². The average Bonchev–Trinajstić information content (AvgIpc) is 2.05. The average molecular weight is 153 g/mol. The summed E-state index contributed by atoms with van der Waals surface area (Å²) in [6, 6.07) is 7.72. The molecule has 0 aliphatic carbocycles. The molecule has 1 aromatic rings. The Hall–Kier alpha value is -1.02. The summed E-state index contributed by atoms with van der Waals surface area (Å²) < 4.78 is 4.97. The largest absolute Gasteiger partial charge is 0.497 e. The van der Waals surface area contributed by atoms with Crippen LogP contribution in [0.3, 0.4) is 0 Å². The summed E-state index contributed by atoms with van der Waals surface area (Å²) in [5.74, 6) is 0.872. The fraction of sp³-hybridized carbons (Fsp3) is 0.333. The highest BCUT2D eigenvalue weighted by molar-refractivity contribution is 5.26. The molecule has 2 heteroatoms. The van der Waals surface area contributed by atoms with Crippen molar-refractivity contribution in [2.45, 2.75) is 14.0 Å². The van der Waals surface area contributed by atoms with Crippen molar-refractivity contribution < 1.29 is 4.74 Å². The molecular formula is C9H15NO. The standard InChI is InChI=1S/C8H11NO.CH4/c1-10-8-4-2-7(6-9)3-5-8;/h2-5H,6,9H2,1H3;1H4. The van der Waals surface area contributed by atoms with Crippen LogP contribution in [0, 0.1) is 0 Å². The van der Waals surface area contributed by atoms with Crippen molar-refractivity contribution in [1.82, 2.24) is 0 Å². The van der Waals surface area contributed by atoms with E-state index < -0.39 is 0 Å². The van der Waals surface area contributed by atoms with E-state index in [-0.39, 0.29) is 7.43 Å². The third-order valence-corrected chi connectivity index (χ3v) is 1.39. The van der Waals surface area contributed by atoms with Gasteiger partial charge in [-0.25, -0.2) is 0 Å². The maximum atomic E-state index is 5.40. The Kier molecular flexibility index (Phi) is 4.30. The van der Waals surface area contributed by atoms with Gasteiger partial charge in [0.15, 0.2) is 0 Å². The van der Waals surface area contributed by atoms with Crippen LogP contribution in [0.2, 0.25) is 0 Å². The third-order valence-electron chi connectivity index (χ3n) is 1.39. The van der Waals surface area contributed by atoms with Crippen LogP contribution in [0.25, 0.3) is 0 Å². The second kappa shape index (κ2) is 4.74. The van der Waals surface area contributed by atoms with Crippen LogP contribution >= 0.6 is 0 Å². The maximum Gasteiger partial charge on any atom is 0.118 e. The Morgan fingerprint density at radius 1 is 1.27 bits per heavy atom. The van der Waals surface area contributed by atoms with E-state index in [1.165, 1.54) is 0 Å². The molecule has 0 aromatic heterocycles. The molecule has 2 nitrogen and oxygen atoms in total. The zero-order valence-corrected chi connectivity index (χ0v) is 6.00. The Morgan fingerprint density at radius 2 is 1.82 bits per heavy atom. The van der Waals surface area contributed by atoms with Crippen molar-refractivity contribution in [3.05, 3.63) is 29.8 Å². The first-order valence-corrected chi connectivity index (χ1v) is 3.20. The summed E-state index contributed by atoms with van der Waals surface area (Å²) in [6.07, 6.45) is 0. The minimum Gasteiger partial charge on any atom is -0.497 e. The van der Waals surface area contributed by atoms with Crippen LogP contribution in [0.4, 0.5) is 0 Å². The lowest BCUT2D eigenvalue weighted by Crippen LogP contribution is -1.95. The topological polar surface area (TPSA) is 35.2 Å². The van der Waals surface area contributed by atoms with Gasteiger partial charge in [0.25, 0.3) is 0 Å². The van der Waals surface area contributed by atoms with Crippen LogP contribution in [0.15, 0.2) is 24.3 Å². The molecule has 1 aromatic carbocycles. The van der Waals surface area contributed by atoms with E-state index in [4.69, 9.17) is 10.5 Å². The summed E-state index contributed by atoms with van der Waals surface area (Å²) >= 11 is 0. The van der Waals surface area contributed by atoms with Crippen molar-refractivity contribution in [2.24, 2.45) is 5.73 Å². The van der Waals surface area contributed by atoms with Crippen molar-refractivity contribution >= 4 is 0 Å². The predicted molar refractivity (Wildman–Crippen MR) is 47.6 cm³/mol. The second-order valence-electron chi connectivity index (χ2n) is 2.05. The highest BCUT2D eigenvalue weighted by Crippen LogP contribution is 2.09. The van der Waals surface area contributed by atoms with Gasteiger partial charge in [-0.15, -0.1) is 0 Å². The van der Waals surface area contributed by atoms with Crippen molar-refractivity contribution in [2.75, 3.05) is 7.11 Å². The van der Waals surface area contributed by atoms with Gasteiger partial charge in [0.1, 0.15) is 5.75 Å². The summed E-state index contributed by atoms with van der Waals surface area (Å²) in [7, 11) is 1.65. The minimum atomic E-state index is 0. The van der Waals surface area contributed by atoms with E-state index in [0.29, 0.717) is 6.54 Å². The van der Waals surface area contributed by atoms with E-state index in [0.717, 1.165) is 11.3 Å². The summed E-state index contributed by atoms with van der Waals surface area (Å²) in [5.41, 5.74) is 6.53. The van der Waals surface area contributed by atoms with Gasteiger partial charge in [-0.1, -0.05) is 19.6 Å². The molecular weight excluding hydrogens is 138 g/mol. The van der Waals surface area contributed by atoms with Crippen LogP contribution < -0.4 is 10.5 Å². The predicted octanol–water partition coefficient (Wildman–Crippen LogP) is 1.79. The van der Waals surface area contributed by atoms with Gasteiger partial charge in [0.05, 0.1) is 7.11 Å². The molecule has 0 saturated carbocycles. The molecule has 0 spiro atoms. The van der Waals surface area contributed by atoms with Crippen molar-refractivity contribution in [1.29, 1.82) is 0 Å². The summed E-state index contributed by atoms with van der Waals surface area (Å²) in [4.78, 5) is 0. The first-order valence-electron chi connectivity index (χ1n) is 3.20. The molecule has 2 N–H and O–H groups in total. The molecule has 0 saturated heterocycles. The van der Waals surface area contributed by atoms with Gasteiger partial charge in [-0.05, 0) is 17.7 Å². The molecule has 0 unspecified atom stereocenters. The fourth-order valence-corrected chi connectivity index (χ4v) is 0.762. The molecule has 0 bridgehead atoms. The zero-order valence-electron chi connectivity index (χ0n) is 6.00. The lowest BCUT2D eigenvalue weighted by molar-refractivity contribution is 0.414. The zero-order chi connectivity index (χ0) is 7.40. The molecule has 0 radical (unpaired) electrons.